The van der Waals surface area contributed by atoms with Gasteiger partial charge in [0.2, 0.25) is 0 Å². The van der Waals surface area contributed by atoms with Gasteiger partial charge in [0.15, 0.2) is 0 Å². The number of esters is 1. The molecule has 1 aromatic rings. The minimum absolute atomic E-state index is 0.203. The van der Waals surface area contributed by atoms with Crippen LogP contribution in [0.4, 0.5) is 0 Å². The van der Waals surface area contributed by atoms with Crippen LogP contribution in [-0.2, 0) is 20.9 Å². The van der Waals surface area contributed by atoms with E-state index in [1.54, 1.807) is 18.2 Å². The van der Waals surface area contributed by atoms with E-state index in [4.69, 9.17) is 9.47 Å². The standard InChI is InChI=1S/C14H18O4/c1-14(2,3)18-13(16)7-12-11-5-4-10(15)6-9(11)8-17-12/h4-6,12,15H,7-8H2,1-3H3. The Bertz CT molecular complexity index is 459. The number of hydrogen-bond donors (Lipinski definition) is 1. The van der Waals surface area contributed by atoms with Gasteiger partial charge in [-0.3, -0.25) is 4.79 Å². The average Bonchev–Trinajstić information content (AvgIpc) is 2.57. The van der Waals surface area contributed by atoms with Gasteiger partial charge in [0.1, 0.15) is 11.4 Å². The number of aromatic hydroxyl groups is 1. The molecule has 0 aromatic heterocycles. The molecule has 0 spiro atoms. The second-order valence-corrected chi connectivity index (χ2v) is 5.47. The first-order valence-corrected chi connectivity index (χ1v) is 6.00. The van der Waals surface area contributed by atoms with Gasteiger partial charge >= 0.3 is 5.97 Å². The molecule has 1 atom stereocenters. The molecule has 1 aliphatic rings. The van der Waals surface area contributed by atoms with Gasteiger partial charge in [0.05, 0.1) is 19.1 Å². The summed E-state index contributed by atoms with van der Waals surface area (Å²) in [6.45, 7) is 5.95. The van der Waals surface area contributed by atoms with E-state index < -0.39 is 5.60 Å². The van der Waals surface area contributed by atoms with Crippen LogP contribution in [0.15, 0.2) is 18.2 Å². The van der Waals surface area contributed by atoms with Crippen LogP contribution < -0.4 is 0 Å². The Kier molecular flexibility index (Phi) is 3.30. The number of fused-ring (bicyclic) bond motifs is 1. The summed E-state index contributed by atoms with van der Waals surface area (Å²) in [6, 6.07) is 5.08. The zero-order valence-corrected chi connectivity index (χ0v) is 10.9. The number of ether oxygens (including phenoxy) is 2. The Labute approximate surface area is 107 Å². The molecule has 0 saturated carbocycles. The fraction of sp³-hybridized carbons (Fsp3) is 0.500. The summed E-state index contributed by atoms with van der Waals surface area (Å²) in [6.07, 6.45) is -0.0647. The lowest BCUT2D eigenvalue weighted by atomic mass is 10.0. The van der Waals surface area contributed by atoms with Crippen LogP contribution in [0.5, 0.6) is 5.75 Å². The number of phenols is 1. The first-order chi connectivity index (χ1) is 8.35. The number of benzene rings is 1. The van der Waals surface area contributed by atoms with E-state index in [9.17, 15) is 9.90 Å². The zero-order chi connectivity index (χ0) is 13.3. The van der Waals surface area contributed by atoms with Crippen LogP contribution in [0, 0.1) is 0 Å². The molecule has 0 bridgehead atoms. The van der Waals surface area contributed by atoms with E-state index >= 15 is 0 Å². The normalized spacial score (nSPS) is 18.5. The summed E-state index contributed by atoms with van der Waals surface area (Å²) in [5, 5.41) is 9.37. The van der Waals surface area contributed by atoms with Crippen molar-refractivity contribution in [2.24, 2.45) is 0 Å². The highest BCUT2D eigenvalue weighted by molar-refractivity contribution is 5.71. The van der Waals surface area contributed by atoms with Gasteiger partial charge in [-0.25, -0.2) is 0 Å². The quantitative estimate of drug-likeness (QED) is 0.820. The molecule has 98 valence electrons. The lowest BCUT2D eigenvalue weighted by Crippen LogP contribution is -2.24. The molecule has 0 amide bonds. The summed E-state index contributed by atoms with van der Waals surface area (Å²) >= 11 is 0. The summed E-state index contributed by atoms with van der Waals surface area (Å²) in [5.41, 5.74) is 1.41. The Morgan fingerprint density at radius 2 is 2.22 bits per heavy atom. The lowest BCUT2D eigenvalue weighted by molar-refractivity contribution is -0.158. The van der Waals surface area contributed by atoms with Gasteiger partial charge in [0.25, 0.3) is 0 Å². The Hall–Kier alpha value is -1.55. The molecule has 2 rings (SSSR count). The van der Waals surface area contributed by atoms with E-state index in [-0.39, 0.29) is 24.2 Å². The van der Waals surface area contributed by atoms with Crippen molar-refractivity contribution in [3.8, 4) is 5.75 Å². The molecule has 18 heavy (non-hydrogen) atoms. The molecular formula is C14H18O4. The Morgan fingerprint density at radius 1 is 1.50 bits per heavy atom. The van der Waals surface area contributed by atoms with E-state index in [0.29, 0.717) is 6.61 Å². The first-order valence-electron chi connectivity index (χ1n) is 6.00. The number of carbonyl (C=O) groups is 1. The molecule has 1 N–H and O–H groups in total. The lowest BCUT2D eigenvalue weighted by Gasteiger charge is -2.20. The van der Waals surface area contributed by atoms with Crippen molar-refractivity contribution < 1.29 is 19.4 Å². The summed E-state index contributed by atoms with van der Waals surface area (Å²) in [4.78, 5) is 11.7. The van der Waals surface area contributed by atoms with Crippen molar-refractivity contribution in [1.82, 2.24) is 0 Å². The highest BCUT2D eigenvalue weighted by atomic mass is 16.6. The molecule has 1 aliphatic heterocycles. The SMILES string of the molecule is CC(C)(C)OC(=O)CC1OCc2cc(O)ccc21. The van der Waals surface area contributed by atoms with Crippen LogP contribution in [0.2, 0.25) is 0 Å². The maximum absolute atomic E-state index is 11.7. The largest absolute Gasteiger partial charge is 0.508 e. The van der Waals surface area contributed by atoms with Crippen LogP contribution in [0.1, 0.15) is 44.4 Å². The molecule has 4 heteroatoms. The first kappa shape index (κ1) is 12.9. The average molecular weight is 250 g/mol. The van der Waals surface area contributed by atoms with Crippen LogP contribution in [0.3, 0.4) is 0 Å². The summed E-state index contributed by atoms with van der Waals surface area (Å²) in [5.74, 6) is -0.0521. The molecule has 4 nitrogen and oxygen atoms in total. The summed E-state index contributed by atoms with van der Waals surface area (Å²) < 4.78 is 10.8. The number of rotatable bonds is 2. The highest BCUT2D eigenvalue weighted by Crippen LogP contribution is 2.35. The van der Waals surface area contributed by atoms with E-state index in [0.717, 1.165) is 11.1 Å². The Balaban J connectivity index is 2.04. The fourth-order valence-electron chi connectivity index (χ4n) is 2.01. The fourth-order valence-corrected chi connectivity index (χ4v) is 2.01. The van der Waals surface area contributed by atoms with Crippen LogP contribution in [-0.4, -0.2) is 16.7 Å². The molecule has 0 saturated heterocycles. The van der Waals surface area contributed by atoms with Gasteiger partial charge in [-0.05, 0) is 44.0 Å². The molecule has 0 fully saturated rings. The second kappa shape index (κ2) is 4.61. The van der Waals surface area contributed by atoms with Gasteiger partial charge in [-0.15, -0.1) is 0 Å². The topological polar surface area (TPSA) is 55.8 Å². The van der Waals surface area contributed by atoms with Crippen molar-refractivity contribution in [3.63, 3.8) is 0 Å². The van der Waals surface area contributed by atoms with Crippen molar-refractivity contribution >= 4 is 5.97 Å². The highest BCUT2D eigenvalue weighted by Gasteiger charge is 2.28. The second-order valence-electron chi connectivity index (χ2n) is 5.47. The van der Waals surface area contributed by atoms with Crippen LogP contribution >= 0.6 is 0 Å². The summed E-state index contributed by atoms with van der Waals surface area (Å²) in [7, 11) is 0. The van der Waals surface area contributed by atoms with Gasteiger partial charge < -0.3 is 14.6 Å². The monoisotopic (exact) mass is 250 g/mol. The van der Waals surface area contributed by atoms with Gasteiger partial charge in [-0.1, -0.05) is 6.07 Å². The van der Waals surface area contributed by atoms with E-state index in [1.807, 2.05) is 20.8 Å². The number of phenolic OH excluding ortho intramolecular Hbond substituents is 1. The predicted octanol–water partition coefficient (Wildman–Crippen LogP) is 2.70. The van der Waals surface area contributed by atoms with Gasteiger partial charge in [-0.2, -0.15) is 0 Å². The molecule has 1 unspecified atom stereocenters. The smallest absolute Gasteiger partial charge is 0.309 e. The molecular weight excluding hydrogens is 232 g/mol. The molecule has 0 radical (unpaired) electrons. The van der Waals surface area contributed by atoms with E-state index in [2.05, 4.69) is 0 Å². The molecule has 1 aromatic carbocycles. The molecule has 1 heterocycles. The minimum Gasteiger partial charge on any atom is -0.508 e. The Morgan fingerprint density at radius 3 is 2.89 bits per heavy atom. The maximum atomic E-state index is 11.7. The van der Waals surface area contributed by atoms with Crippen molar-refractivity contribution in [3.05, 3.63) is 29.3 Å². The van der Waals surface area contributed by atoms with Crippen molar-refractivity contribution in [1.29, 1.82) is 0 Å². The number of carbonyl (C=O) groups excluding carboxylic acids is 1. The number of hydrogen-bond acceptors (Lipinski definition) is 4. The maximum Gasteiger partial charge on any atom is 0.309 e. The molecule has 0 aliphatic carbocycles. The third-order valence-electron chi connectivity index (χ3n) is 2.69. The van der Waals surface area contributed by atoms with E-state index in [1.165, 1.54) is 0 Å². The third kappa shape index (κ3) is 3.01. The van der Waals surface area contributed by atoms with Crippen molar-refractivity contribution in [2.45, 2.75) is 45.5 Å². The zero-order valence-electron chi connectivity index (χ0n) is 10.9. The van der Waals surface area contributed by atoms with Crippen molar-refractivity contribution in [2.75, 3.05) is 0 Å². The van der Waals surface area contributed by atoms with Gasteiger partial charge in [0, 0.05) is 0 Å². The van der Waals surface area contributed by atoms with Crippen LogP contribution in [0.25, 0.3) is 0 Å². The third-order valence-corrected chi connectivity index (χ3v) is 2.69. The predicted molar refractivity (Wildman–Crippen MR) is 66.1 cm³/mol. The minimum atomic E-state index is -0.479.